The summed E-state index contributed by atoms with van der Waals surface area (Å²) in [5.41, 5.74) is 1.76. The average Bonchev–Trinajstić information content (AvgIpc) is 2.84. The summed E-state index contributed by atoms with van der Waals surface area (Å²) in [7, 11) is -3.72. The number of hydrogen-bond donors (Lipinski definition) is 1. The summed E-state index contributed by atoms with van der Waals surface area (Å²) in [5.74, 6) is -0.546. The van der Waals surface area contributed by atoms with Gasteiger partial charge in [0.05, 0.1) is 11.3 Å². The van der Waals surface area contributed by atoms with Crippen LogP contribution in [0, 0.1) is 5.82 Å². The van der Waals surface area contributed by atoms with Crippen molar-refractivity contribution in [1.82, 2.24) is 4.72 Å². The number of anilines is 1. The van der Waals surface area contributed by atoms with E-state index >= 15 is 0 Å². The first-order valence-corrected chi connectivity index (χ1v) is 8.59. The van der Waals surface area contributed by atoms with Gasteiger partial charge in [-0.1, -0.05) is 18.2 Å². The molecule has 3 rings (SSSR count). The number of sulfonamides is 1. The number of hydrogen-bond acceptors (Lipinski definition) is 3. The quantitative estimate of drug-likeness (QED) is 0.905. The molecule has 1 aliphatic heterocycles. The van der Waals surface area contributed by atoms with Crippen molar-refractivity contribution in [2.45, 2.75) is 11.3 Å². The van der Waals surface area contributed by atoms with E-state index in [2.05, 4.69) is 4.72 Å². The lowest BCUT2D eigenvalue weighted by atomic mass is 10.2. The van der Waals surface area contributed by atoms with E-state index in [1.807, 2.05) is 24.3 Å². The first-order valence-electron chi connectivity index (χ1n) is 7.11. The SMILES string of the molecule is O=C1Cc2ccccc2N1CCNS(=O)(=O)c1ccc(F)cc1. The zero-order valence-electron chi connectivity index (χ0n) is 12.2. The first kappa shape index (κ1) is 15.6. The molecule has 1 heterocycles. The van der Waals surface area contributed by atoms with Crippen molar-refractivity contribution >= 4 is 21.6 Å². The molecule has 0 fully saturated rings. The van der Waals surface area contributed by atoms with E-state index in [9.17, 15) is 17.6 Å². The summed E-state index contributed by atoms with van der Waals surface area (Å²) in [4.78, 5) is 13.6. The van der Waals surface area contributed by atoms with Crippen LogP contribution in [-0.2, 0) is 21.2 Å². The van der Waals surface area contributed by atoms with Crippen molar-refractivity contribution in [2.75, 3.05) is 18.0 Å². The molecule has 1 N–H and O–H groups in total. The van der Waals surface area contributed by atoms with Crippen LogP contribution in [0.2, 0.25) is 0 Å². The molecule has 5 nitrogen and oxygen atoms in total. The fraction of sp³-hybridized carbons (Fsp3) is 0.188. The molecule has 1 amide bonds. The minimum Gasteiger partial charge on any atom is -0.311 e. The molecule has 0 saturated carbocycles. The lowest BCUT2D eigenvalue weighted by Gasteiger charge is -2.17. The second-order valence-electron chi connectivity index (χ2n) is 5.20. The highest BCUT2D eigenvalue weighted by atomic mass is 32.2. The van der Waals surface area contributed by atoms with Crippen LogP contribution < -0.4 is 9.62 Å². The van der Waals surface area contributed by atoms with Gasteiger partial charge in [0.2, 0.25) is 15.9 Å². The van der Waals surface area contributed by atoms with Gasteiger partial charge >= 0.3 is 0 Å². The van der Waals surface area contributed by atoms with Crippen molar-refractivity contribution in [3.05, 3.63) is 59.9 Å². The molecule has 2 aromatic rings. The van der Waals surface area contributed by atoms with Gasteiger partial charge in [0.25, 0.3) is 0 Å². The second-order valence-corrected chi connectivity index (χ2v) is 6.97. The number of nitrogens with zero attached hydrogens (tertiary/aromatic N) is 1. The molecule has 0 radical (unpaired) electrons. The minimum absolute atomic E-state index is 0.00736. The molecule has 0 unspecified atom stereocenters. The van der Waals surface area contributed by atoms with Crippen LogP contribution in [0.3, 0.4) is 0 Å². The summed E-state index contributed by atoms with van der Waals surface area (Å²) in [5, 5.41) is 0. The third kappa shape index (κ3) is 3.25. The maximum absolute atomic E-state index is 12.9. The highest BCUT2D eigenvalue weighted by molar-refractivity contribution is 7.89. The Hall–Kier alpha value is -2.25. The van der Waals surface area contributed by atoms with E-state index in [1.165, 1.54) is 12.1 Å². The first-order chi connectivity index (χ1) is 11.0. The molecule has 23 heavy (non-hydrogen) atoms. The minimum atomic E-state index is -3.72. The number of rotatable bonds is 5. The molecule has 7 heteroatoms. The molecule has 2 aromatic carbocycles. The van der Waals surface area contributed by atoms with Crippen LogP contribution in [0.4, 0.5) is 10.1 Å². The molecular formula is C16H15FN2O3S. The Morgan fingerprint density at radius 1 is 1.09 bits per heavy atom. The van der Waals surface area contributed by atoms with E-state index in [4.69, 9.17) is 0 Å². The second kappa shape index (κ2) is 6.10. The van der Waals surface area contributed by atoms with Crippen LogP contribution in [-0.4, -0.2) is 27.4 Å². The number of fused-ring (bicyclic) bond motifs is 1. The van der Waals surface area contributed by atoms with Crippen LogP contribution in [0.15, 0.2) is 53.4 Å². The zero-order chi connectivity index (χ0) is 16.4. The molecule has 120 valence electrons. The van der Waals surface area contributed by atoms with E-state index in [-0.39, 0.29) is 23.9 Å². The number of carbonyl (C=O) groups excluding carboxylic acids is 1. The molecule has 0 saturated heterocycles. The topological polar surface area (TPSA) is 66.5 Å². The number of carbonyl (C=O) groups is 1. The van der Waals surface area contributed by atoms with E-state index in [1.54, 1.807) is 4.90 Å². The molecule has 0 atom stereocenters. The monoisotopic (exact) mass is 334 g/mol. The van der Waals surface area contributed by atoms with E-state index < -0.39 is 15.8 Å². The molecule has 0 aromatic heterocycles. The van der Waals surface area contributed by atoms with Crippen LogP contribution >= 0.6 is 0 Å². The Labute approximate surface area is 133 Å². The fourth-order valence-corrected chi connectivity index (χ4v) is 3.57. The zero-order valence-corrected chi connectivity index (χ0v) is 13.0. The fourth-order valence-electron chi connectivity index (χ4n) is 2.55. The lowest BCUT2D eigenvalue weighted by molar-refractivity contribution is -0.117. The number of halogens is 1. The summed E-state index contributed by atoms with van der Waals surface area (Å²) in [6.07, 6.45) is 0.334. The van der Waals surface area contributed by atoms with Gasteiger partial charge in [-0.15, -0.1) is 0 Å². The van der Waals surface area contributed by atoms with Gasteiger partial charge in [0, 0.05) is 18.8 Å². The largest absolute Gasteiger partial charge is 0.311 e. The summed E-state index contributed by atoms with van der Waals surface area (Å²) >= 11 is 0. The predicted octanol–water partition coefficient (Wildman–Crippen LogP) is 1.69. The number of para-hydroxylation sites is 1. The number of amides is 1. The predicted molar refractivity (Wildman–Crippen MR) is 84.1 cm³/mol. The Kier molecular flexibility index (Phi) is 4.14. The maximum atomic E-state index is 12.9. The standard InChI is InChI=1S/C16H15FN2O3S/c17-13-5-7-14(8-6-13)23(21,22)18-9-10-19-15-4-2-1-3-12(15)11-16(19)20/h1-8,18H,9-11H2. The third-order valence-electron chi connectivity index (χ3n) is 3.68. The molecular weight excluding hydrogens is 319 g/mol. The van der Waals surface area contributed by atoms with Crippen LogP contribution in [0.1, 0.15) is 5.56 Å². The Morgan fingerprint density at radius 3 is 2.52 bits per heavy atom. The van der Waals surface area contributed by atoms with Gasteiger partial charge < -0.3 is 4.90 Å². The van der Waals surface area contributed by atoms with E-state index in [0.29, 0.717) is 6.42 Å². The smallest absolute Gasteiger partial charge is 0.240 e. The van der Waals surface area contributed by atoms with Gasteiger partial charge in [0.15, 0.2) is 0 Å². The normalized spacial score (nSPS) is 14.1. The lowest BCUT2D eigenvalue weighted by Crippen LogP contribution is -2.36. The Morgan fingerprint density at radius 2 is 1.78 bits per heavy atom. The third-order valence-corrected chi connectivity index (χ3v) is 5.15. The molecule has 0 spiro atoms. The van der Waals surface area contributed by atoms with Gasteiger partial charge in [-0.3, -0.25) is 4.79 Å². The summed E-state index contributed by atoms with van der Waals surface area (Å²) in [6.45, 7) is 0.329. The van der Waals surface area contributed by atoms with Crippen LogP contribution in [0.25, 0.3) is 0 Å². The van der Waals surface area contributed by atoms with Gasteiger partial charge in [-0.2, -0.15) is 0 Å². The molecule has 0 bridgehead atoms. The highest BCUT2D eigenvalue weighted by Gasteiger charge is 2.26. The summed E-state index contributed by atoms with van der Waals surface area (Å²) in [6, 6.07) is 12.0. The Bertz CT molecular complexity index is 835. The van der Waals surface area contributed by atoms with Gasteiger partial charge in [-0.05, 0) is 35.9 Å². The van der Waals surface area contributed by atoms with E-state index in [0.717, 1.165) is 23.4 Å². The van der Waals surface area contributed by atoms with Crippen molar-refractivity contribution in [3.8, 4) is 0 Å². The molecule has 1 aliphatic rings. The molecule has 0 aliphatic carbocycles. The Balaban J connectivity index is 1.65. The average molecular weight is 334 g/mol. The van der Waals surface area contributed by atoms with Crippen molar-refractivity contribution in [1.29, 1.82) is 0 Å². The van der Waals surface area contributed by atoms with Crippen molar-refractivity contribution in [2.24, 2.45) is 0 Å². The maximum Gasteiger partial charge on any atom is 0.240 e. The number of benzene rings is 2. The van der Waals surface area contributed by atoms with Crippen molar-refractivity contribution in [3.63, 3.8) is 0 Å². The van der Waals surface area contributed by atoms with Gasteiger partial charge in [0.1, 0.15) is 5.82 Å². The van der Waals surface area contributed by atoms with Crippen LogP contribution in [0.5, 0.6) is 0 Å². The highest BCUT2D eigenvalue weighted by Crippen LogP contribution is 2.27. The van der Waals surface area contributed by atoms with Gasteiger partial charge in [-0.25, -0.2) is 17.5 Å². The van der Waals surface area contributed by atoms with Crippen molar-refractivity contribution < 1.29 is 17.6 Å². The summed E-state index contributed by atoms with van der Waals surface area (Å²) < 4.78 is 39.5. The number of nitrogens with one attached hydrogen (secondary N) is 1.